The van der Waals surface area contributed by atoms with Gasteiger partial charge in [0.15, 0.2) is 5.43 Å². The van der Waals surface area contributed by atoms with Crippen molar-refractivity contribution in [2.24, 2.45) is 0 Å². The quantitative estimate of drug-likeness (QED) is 0.488. The third-order valence-electron chi connectivity index (χ3n) is 5.41. The highest BCUT2D eigenvalue weighted by atomic mass is 16.5. The molecule has 0 spiro atoms. The van der Waals surface area contributed by atoms with Crippen molar-refractivity contribution in [3.05, 3.63) is 99.5 Å². The zero-order valence-electron chi connectivity index (χ0n) is 17.2. The van der Waals surface area contributed by atoms with Gasteiger partial charge in [-0.1, -0.05) is 24.3 Å². The minimum Gasteiger partial charge on any atom is -0.494 e. The summed E-state index contributed by atoms with van der Waals surface area (Å²) in [6.45, 7) is 4.35. The molecule has 1 atom stereocenters. The second kappa shape index (κ2) is 7.40. The van der Waals surface area contributed by atoms with Gasteiger partial charge in [-0.25, -0.2) is 4.98 Å². The van der Waals surface area contributed by atoms with Gasteiger partial charge in [-0.15, -0.1) is 0 Å². The van der Waals surface area contributed by atoms with Crippen LogP contribution in [0.5, 0.6) is 5.75 Å². The van der Waals surface area contributed by atoms with E-state index < -0.39 is 6.04 Å². The zero-order chi connectivity index (χ0) is 21.5. The lowest BCUT2D eigenvalue weighted by Crippen LogP contribution is -2.30. The van der Waals surface area contributed by atoms with Crippen LogP contribution in [-0.2, 0) is 0 Å². The number of hydrogen-bond acceptors (Lipinski definition) is 5. The van der Waals surface area contributed by atoms with Crippen molar-refractivity contribution in [3.63, 3.8) is 0 Å². The number of para-hydroxylation sites is 1. The summed E-state index contributed by atoms with van der Waals surface area (Å²) < 4.78 is 11.6. The summed E-state index contributed by atoms with van der Waals surface area (Å²) in [7, 11) is 0. The first kappa shape index (κ1) is 19.1. The lowest BCUT2D eigenvalue weighted by Gasteiger charge is -2.24. The van der Waals surface area contributed by atoms with Crippen LogP contribution >= 0.6 is 0 Å². The largest absolute Gasteiger partial charge is 0.494 e. The van der Waals surface area contributed by atoms with Gasteiger partial charge in [0.1, 0.15) is 17.2 Å². The number of aromatic nitrogens is 1. The Hall–Kier alpha value is -3.93. The van der Waals surface area contributed by atoms with Gasteiger partial charge in [0.05, 0.1) is 23.6 Å². The van der Waals surface area contributed by atoms with Crippen molar-refractivity contribution in [2.45, 2.75) is 19.9 Å². The lowest BCUT2D eigenvalue weighted by molar-refractivity contribution is 0.0970. The van der Waals surface area contributed by atoms with Gasteiger partial charge in [0.25, 0.3) is 5.91 Å². The highest BCUT2D eigenvalue weighted by Crippen LogP contribution is 2.41. The third-order valence-corrected chi connectivity index (χ3v) is 5.41. The molecule has 0 radical (unpaired) electrons. The second-order valence-electron chi connectivity index (χ2n) is 7.44. The van der Waals surface area contributed by atoms with Gasteiger partial charge in [-0.3, -0.25) is 14.5 Å². The summed E-state index contributed by atoms with van der Waals surface area (Å²) in [5.74, 6) is 0.802. The Morgan fingerprint density at radius 3 is 2.71 bits per heavy atom. The zero-order valence-corrected chi connectivity index (χ0v) is 17.2. The summed E-state index contributed by atoms with van der Waals surface area (Å²) in [5, 5.41) is 0.444. The Morgan fingerprint density at radius 1 is 1.06 bits per heavy atom. The number of aryl methyl sites for hydroxylation is 1. The van der Waals surface area contributed by atoms with Crippen LogP contribution in [0.4, 0.5) is 5.82 Å². The van der Waals surface area contributed by atoms with E-state index in [0.29, 0.717) is 34.7 Å². The molecule has 5 rings (SSSR count). The van der Waals surface area contributed by atoms with Crippen molar-refractivity contribution in [2.75, 3.05) is 11.5 Å². The number of hydrogen-bond donors (Lipinski definition) is 0. The molecule has 0 aliphatic carbocycles. The summed E-state index contributed by atoms with van der Waals surface area (Å²) >= 11 is 0. The van der Waals surface area contributed by atoms with E-state index in [1.54, 1.807) is 30.5 Å². The van der Waals surface area contributed by atoms with E-state index in [-0.39, 0.29) is 17.1 Å². The van der Waals surface area contributed by atoms with Gasteiger partial charge in [0.2, 0.25) is 5.76 Å². The first-order valence-electron chi connectivity index (χ1n) is 10.1. The first-order chi connectivity index (χ1) is 15.1. The molecule has 6 heteroatoms. The topological polar surface area (TPSA) is 72.6 Å². The fraction of sp³-hybridized carbons (Fsp3) is 0.160. The number of fused-ring (bicyclic) bond motifs is 2. The maximum atomic E-state index is 13.5. The molecule has 0 bridgehead atoms. The number of nitrogens with zero attached hydrogens (tertiary/aromatic N) is 2. The van der Waals surface area contributed by atoms with Crippen molar-refractivity contribution >= 4 is 22.7 Å². The highest BCUT2D eigenvalue weighted by Gasteiger charge is 2.44. The molecule has 0 saturated heterocycles. The van der Waals surface area contributed by atoms with Crippen LogP contribution in [-0.4, -0.2) is 17.5 Å². The number of ether oxygens (including phenoxy) is 1. The van der Waals surface area contributed by atoms with Crippen molar-refractivity contribution in [1.82, 2.24) is 4.98 Å². The van der Waals surface area contributed by atoms with E-state index in [2.05, 4.69) is 4.98 Å². The minimum absolute atomic E-state index is 0.0545. The Bertz CT molecular complexity index is 1380. The summed E-state index contributed by atoms with van der Waals surface area (Å²) in [5.41, 5.74) is 2.21. The van der Waals surface area contributed by atoms with Crippen LogP contribution < -0.4 is 15.1 Å². The monoisotopic (exact) mass is 412 g/mol. The molecule has 1 aliphatic heterocycles. The number of pyridine rings is 1. The average molecular weight is 412 g/mol. The van der Waals surface area contributed by atoms with Crippen LogP contribution in [0, 0.1) is 6.92 Å². The van der Waals surface area contributed by atoms with Crippen LogP contribution in [0.15, 0.2) is 76.1 Å². The minimum atomic E-state index is -0.668. The van der Waals surface area contributed by atoms with Gasteiger partial charge in [-0.05, 0) is 61.4 Å². The number of carbonyl (C=O) groups excluding carboxylic acids is 1. The number of carbonyl (C=O) groups is 1. The standard InChI is InChI=1S/C25H20N2O4/c1-3-30-17-8-6-7-16(14-17)22-21-23(28)18-9-4-5-10-19(18)31-24(21)25(29)27(22)20-13-15(2)11-12-26-20/h4-14,22H,3H2,1-2H3. The number of rotatable bonds is 4. The van der Waals surface area contributed by atoms with Crippen LogP contribution in [0.2, 0.25) is 0 Å². The van der Waals surface area contributed by atoms with Crippen LogP contribution in [0.3, 0.4) is 0 Å². The molecule has 31 heavy (non-hydrogen) atoms. The maximum absolute atomic E-state index is 13.5. The molecule has 3 heterocycles. The van der Waals surface area contributed by atoms with Gasteiger partial charge in [0, 0.05) is 6.20 Å². The molecule has 6 nitrogen and oxygen atoms in total. The van der Waals surface area contributed by atoms with Crippen molar-refractivity contribution in [1.29, 1.82) is 0 Å². The summed E-state index contributed by atoms with van der Waals surface area (Å²) in [4.78, 5) is 33.0. The summed E-state index contributed by atoms with van der Waals surface area (Å²) in [6, 6.07) is 17.4. The Balaban J connectivity index is 1.80. The van der Waals surface area contributed by atoms with E-state index in [0.717, 1.165) is 11.1 Å². The fourth-order valence-corrected chi connectivity index (χ4v) is 4.06. The van der Waals surface area contributed by atoms with E-state index >= 15 is 0 Å². The summed E-state index contributed by atoms with van der Waals surface area (Å²) in [6.07, 6.45) is 1.65. The predicted molar refractivity (Wildman–Crippen MR) is 118 cm³/mol. The van der Waals surface area contributed by atoms with E-state index in [1.165, 1.54) is 4.90 Å². The molecule has 2 aromatic heterocycles. The lowest BCUT2D eigenvalue weighted by atomic mass is 9.98. The molecular weight excluding hydrogens is 392 g/mol. The van der Waals surface area contributed by atoms with E-state index in [4.69, 9.17) is 9.15 Å². The van der Waals surface area contributed by atoms with Crippen molar-refractivity contribution in [3.8, 4) is 5.75 Å². The van der Waals surface area contributed by atoms with Gasteiger partial charge >= 0.3 is 0 Å². The molecular formula is C25H20N2O4. The predicted octanol–water partition coefficient (Wildman–Crippen LogP) is 4.64. The van der Waals surface area contributed by atoms with E-state index in [1.807, 2.05) is 50.2 Å². The molecule has 1 unspecified atom stereocenters. The van der Waals surface area contributed by atoms with Crippen LogP contribution in [0.25, 0.3) is 11.0 Å². The second-order valence-corrected chi connectivity index (χ2v) is 7.44. The highest BCUT2D eigenvalue weighted by molar-refractivity contribution is 6.10. The number of amides is 1. The normalized spacial score (nSPS) is 15.4. The van der Waals surface area contributed by atoms with Crippen molar-refractivity contribution < 1.29 is 13.9 Å². The molecule has 0 N–H and O–H groups in total. The molecule has 4 aromatic rings. The maximum Gasteiger partial charge on any atom is 0.296 e. The Morgan fingerprint density at radius 2 is 1.90 bits per heavy atom. The number of anilines is 1. The Kier molecular flexibility index (Phi) is 4.55. The van der Waals surface area contributed by atoms with Gasteiger partial charge < -0.3 is 9.15 Å². The fourth-order valence-electron chi connectivity index (χ4n) is 4.06. The molecule has 2 aromatic carbocycles. The molecule has 0 fully saturated rings. The average Bonchev–Trinajstić information content (AvgIpc) is 3.07. The SMILES string of the molecule is CCOc1cccc(C2c3c(oc4ccccc4c3=O)C(=O)N2c2cc(C)ccn2)c1. The number of benzene rings is 2. The first-order valence-corrected chi connectivity index (χ1v) is 10.1. The van der Waals surface area contributed by atoms with Crippen LogP contribution in [0.1, 0.15) is 40.2 Å². The molecule has 154 valence electrons. The molecule has 0 saturated carbocycles. The smallest absolute Gasteiger partial charge is 0.296 e. The Labute approximate surface area is 178 Å². The third kappa shape index (κ3) is 3.08. The molecule has 1 amide bonds. The van der Waals surface area contributed by atoms with E-state index in [9.17, 15) is 9.59 Å². The van der Waals surface area contributed by atoms with Gasteiger partial charge in [-0.2, -0.15) is 0 Å². The molecule has 1 aliphatic rings.